The van der Waals surface area contributed by atoms with Crippen LogP contribution in [-0.4, -0.2) is 13.0 Å². The van der Waals surface area contributed by atoms with Gasteiger partial charge in [-0.2, -0.15) is 0 Å². The minimum absolute atomic E-state index is 0.405. The van der Waals surface area contributed by atoms with Gasteiger partial charge in [-0.3, -0.25) is 4.79 Å². The molecule has 0 spiro atoms. The summed E-state index contributed by atoms with van der Waals surface area (Å²) in [5.74, 6) is -0.485. The van der Waals surface area contributed by atoms with Gasteiger partial charge >= 0.3 is 0 Å². The van der Waals surface area contributed by atoms with E-state index < -0.39 is 5.91 Å². The topological polar surface area (TPSA) is 72.3 Å². The number of carbonyl (C=O) groups excluding carboxylic acids is 1. The number of nitrogens with zero attached hydrogens (tertiary/aromatic N) is 1. The van der Waals surface area contributed by atoms with Crippen molar-refractivity contribution in [2.75, 3.05) is 17.7 Å². The molecule has 0 aromatic heterocycles. The third kappa shape index (κ3) is 3.22. The molecule has 0 saturated carbocycles. The molecule has 2 aromatic carbocycles. The van der Waals surface area contributed by atoms with Crippen molar-refractivity contribution in [2.45, 2.75) is 6.54 Å². The molecule has 5 heteroatoms. The lowest BCUT2D eigenvalue weighted by molar-refractivity contribution is 0.100. The molecule has 0 atom stereocenters. The molecule has 1 amide bonds. The second-order valence-electron chi connectivity index (χ2n) is 4.62. The SMILES string of the molecule is CN(Cc1cccc(Cl)c1)c1ccc(C(N)=O)cc1N. The molecule has 0 aliphatic heterocycles. The van der Waals surface area contributed by atoms with E-state index in [0.29, 0.717) is 22.8 Å². The summed E-state index contributed by atoms with van der Waals surface area (Å²) in [6.07, 6.45) is 0. The van der Waals surface area contributed by atoms with Crippen LogP contribution in [0, 0.1) is 0 Å². The number of anilines is 2. The lowest BCUT2D eigenvalue weighted by Crippen LogP contribution is -2.19. The van der Waals surface area contributed by atoms with Crippen LogP contribution in [0.3, 0.4) is 0 Å². The van der Waals surface area contributed by atoms with Crippen molar-refractivity contribution in [3.05, 3.63) is 58.6 Å². The number of amides is 1. The Hall–Kier alpha value is -2.20. The highest BCUT2D eigenvalue weighted by molar-refractivity contribution is 6.30. The molecule has 4 N–H and O–H groups in total. The van der Waals surface area contributed by atoms with Gasteiger partial charge in [-0.05, 0) is 35.9 Å². The third-order valence-electron chi connectivity index (χ3n) is 3.03. The number of hydrogen-bond donors (Lipinski definition) is 2. The number of carbonyl (C=O) groups is 1. The summed E-state index contributed by atoms with van der Waals surface area (Å²) >= 11 is 5.97. The van der Waals surface area contributed by atoms with Crippen molar-refractivity contribution in [1.29, 1.82) is 0 Å². The molecule has 0 aliphatic carbocycles. The molecule has 0 aliphatic rings. The van der Waals surface area contributed by atoms with E-state index in [1.54, 1.807) is 18.2 Å². The van der Waals surface area contributed by atoms with Crippen molar-refractivity contribution in [2.24, 2.45) is 5.73 Å². The van der Waals surface area contributed by atoms with Crippen LogP contribution in [0.4, 0.5) is 11.4 Å². The molecule has 2 aromatic rings. The Morgan fingerprint density at radius 3 is 2.60 bits per heavy atom. The van der Waals surface area contributed by atoms with Gasteiger partial charge in [0.05, 0.1) is 11.4 Å². The van der Waals surface area contributed by atoms with E-state index in [1.165, 1.54) is 0 Å². The normalized spacial score (nSPS) is 10.3. The van der Waals surface area contributed by atoms with Gasteiger partial charge in [0.1, 0.15) is 0 Å². The van der Waals surface area contributed by atoms with Gasteiger partial charge < -0.3 is 16.4 Å². The van der Waals surface area contributed by atoms with Crippen molar-refractivity contribution in [1.82, 2.24) is 0 Å². The molecule has 2 rings (SSSR count). The number of hydrogen-bond acceptors (Lipinski definition) is 3. The standard InChI is InChI=1S/C15H16ClN3O/c1-19(9-10-3-2-4-12(16)7-10)14-6-5-11(15(18)20)8-13(14)17/h2-8H,9,17H2,1H3,(H2,18,20). The van der Waals surface area contributed by atoms with Gasteiger partial charge in [-0.15, -0.1) is 0 Å². The van der Waals surface area contributed by atoms with Crippen LogP contribution in [-0.2, 0) is 6.54 Å². The van der Waals surface area contributed by atoms with Gasteiger partial charge in [-0.25, -0.2) is 0 Å². The lowest BCUT2D eigenvalue weighted by atomic mass is 10.1. The summed E-state index contributed by atoms with van der Waals surface area (Å²) in [7, 11) is 1.93. The molecule has 0 saturated heterocycles. The fourth-order valence-electron chi connectivity index (χ4n) is 2.05. The Morgan fingerprint density at radius 2 is 2.00 bits per heavy atom. The smallest absolute Gasteiger partial charge is 0.248 e. The maximum atomic E-state index is 11.1. The van der Waals surface area contributed by atoms with Gasteiger partial charge in [-0.1, -0.05) is 23.7 Å². The Kier molecular flexibility index (Phi) is 4.15. The molecule has 0 heterocycles. The Labute approximate surface area is 122 Å². The Balaban J connectivity index is 2.21. The highest BCUT2D eigenvalue weighted by atomic mass is 35.5. The molecule has 0 unspecified atom stereocenters. The van der Waals surface area contributed by atoms with Crippen LogP contribution in [0.2, 0.25) is 5.02 Å². The molecular formula is C15H16ClN3O. The fraction of sp³-hybridized carbons (Fsp3) is 0.133. The number of halogens is 1. The van der Waals surface area contributed by atoms with E-state index in [1.807, 2.05) is 36.2 Å². The predicted octanol–water partition coefficient (Wildman–Crippen LogP) is 2.66. The maximum absolute atomic E-state index is 11.1. The quantitative estimate of drug-likeness (QED) is 0.850. The van der Waals surface area contributed by atoms with Gasteiger partial charge in [0, 0.05) is 24.2 Å². The Bertz CT molecular complexity index is 643. The minimum Gasteiger partial charge on any atom is -0.397 e. The van der Waals surface area contributed by atoms with Crippen LogP contribution in [0.25, 0.3) is 0 Å². The van der Waals surface area contributed by atoms with E-state index in [0.717, 1.165) is 11.3 Å². The van der Waals surface area contributed by atoms with Crippen molar-refractivity contribution in [3.63, 3.8) is 0 Å². The molecule has 4 nitrogen and oxygen atoms in total. The number of rotatable bonds is 4. The van der Waals surface area contributed by atoms with E-state index in [2.05, 4.69) is 0 Å². The summed E-state index contributed by atoms with van der Waals surface area (Å²) in [5.41, 5.74) is 14.0. The number of nitrogen functional groups attached to an aromatic ring is 1. The van der Waals surface area contributed by atoms with E-state index in [4.69, 9.17) is 23.1 Å². The lowest BCUT2D eigenvalue weighted by Gasteiger charge is -2.21. The Morgan fingerprint density at radius 1 is 1.25 bits per heavy atom. The van der Waals surface area contributed by atoms with E-state index in [9.17, 15) is 4.79 Å². The first-order chi connectivity index (χ1) is 9.47. The predicted molar refractivity (Wildman–Crippen MR) is 82.9 cm³/mol. The molecule has 0 bridgehead atoms. The maximum Gasteiger partial charge on any atom is 0.248 e. The highest BCUT2D eigenvalue weighted by Gasteiger charge is 2.09. The second-order valence-corrected chi connectivity index (χ2v) is 5.06. The zero-order valence-corrected chi connectivity index (χ0v) is 11.9. The van der Waals surface area contributed by atoms with E-state index >= 15 is 0 Å². The number of nitrogens with two attached hydrogens (primary N) is 2. The molecule has 20 heavy (non-hydrogen) atoms. The monoisotopic (exact) mass is 289 g/mol. The van der Waals surface area contributed by atoms with Gasteiger partial charge in [0.2, 0.25) is 5.91 Å². The average molecular weight is 290 g/mol. The summed E-state index contributed by atoms with van der Waals surface area (Å²) in [6, 6.07) is 12.7. The van der Waals surface area contributed by atoms with Crippen molar-refractivity contribution < 1.29 is 4.79 Å². The molecule has 0 fully saturated rings. The summed E-state index contributed by atoms with van der Waals surface area (Å²) < 4.78 is 0. The summed E-state index contributed by atoms with van der Waals surface area (Å²) in [5, 5.41) is 0.702. The largest absolute Gasteiger partial charge is 0.397 e. The van der Waals surface area contributed by atoms with Gasteiger partial charge in [0.25, 0.3) is 0 Å². The first kappa shape index (κ1) is 14.2. The summed E-state index contributed by atoms with van der Waals surface area (Å²) in [4.78, 5) is 13.1. The van der Waals surface area contributed by atoms with Crippen molar-refractivity contribution in [3.8, 4) is 0 Å². The molecular weight excluding hydrogens is 274 g/mol. The minimum atomic E-state index is -0.485. The fourth-order valence-corrected chi connectivity index (χ4v) is 2.26. The van der Waals surface area contributed by atoms with Crippen LogP contribution >= 0.6 is 11.6 Å². The first-order valence-corrected chi connectivity index (χ1v) is 6.50. The zero-order chi connectivity index (χ0) is 14.7. The number of benzene rings is 2. The van der Waals surface area contributed by atoms with Crippen LogP contribution < -0.4 is 16.4 Å². The number of primary amides is 1. The second kappa shape index (κ2) is 5.84. The van der Waals surface area contributed by atoms with Crippen LogP contribution in [0.5, 0.6) is 0 Å². The third-order valence-corrected chi connectivity index (χ3v) is 3.27. The van der Waals surface area contributed by atoms with E-state index in [-0.39, 0.29) is 0 Å². The van der Waals surface area contributed by atoms with Crippen LogP contribution in [0.1, 0.15) is 15.9 Å². The van der Waals surface area contributed by atoms with Crippen LogP contribution in [0.15, 0.2) is 42.5 Å². The molecule has 0 radical (unpaired) electrons. The first-order valence-electron chi connectivity index (χ1n) is 6.12. The average Bonchev–Trinajstić information content (AvgIpc) is 2.38. The molecule has 104 valence electrons. The van der Waals surface area contributed by atoms with Gasteiger partial charge in [0.15, 0.2) is 0 Å². The summed E-state index contributed by atoms with van der Waals surface area (Å²) in [6.45, 7) is 0.667. The zero-order valence-electron chi connectivity index (χ0n) is 11.1. The highest BCUT2D eigenvalue weighted by Crippen LogP contribution is 2.25. The van der Waals surface area contributed by atoms with Crippen molar-refractivity contribution >= 4 is 28.9 Å².